The van der Waals surface area contributed by atoms with Crippen LogP contribution in [0.4, 0.5) is 5.82 Å². The Hall–Kier alpha value is -2.17. The van der Waals surface area contributed by atoms with Crippen LogP contribution in [-0.2, 0) is 6.54 Å². The van der Waals surface area contributed by atoms with Crippen molar-refractivity contribution in [3.63, 3.8) is 0 Å². The molecule has 1 atom stereocenters. The third-order valence-corrected chi connectivity index (χ3v) is 2.92. The zero-order valence-electron chi connectivity index (χ0n) is 11.2. The summed E-state index contributed by atoms with van der Waals surface area (Å²) in [6, 6.07) is 3.84. The van der Waals surface area contributed by atoms with Crippen LogP contribution in [0.1, 0.15) is 31.9 Å². The summed E-state index contributed by atoms with van der Waals surface area (Å²) in [5.41, 5.74) is 0.940. The molecule has 0 saturated heterocycles. The molecular formula is C14H18N4O. The summed E-state index contributed by atoms with van der Waals surface area (Å²) in [5, 5.41) is 3.14. The van der Waals surface area contributed by atoms with Gasteiger partial charge in [0.15, 0.2) is 5.82 Å². The highest BCUT2D eigenvalue weighted by molar-refractivity contribution is 5.35. The van der Waals surface area contributed by atoms with E-state index in [0.717, 1.165) is 12.0 Å². The maximum absolute atomic E-state index is 12.1. The topological polar surface area (TPSA) is 59.8 Å². The molecule has 2 rings (SSSR count). The highest BCUT2D eigenvalue weighted by Crippen LogP contribution is 2.14. The molecule has 0 fully saturated rings. The molecular weight excluding hydrogens is 240 g/mol. The van der Waals surface area contributed by atoms with Crippen molar-refractivity contribution >= 4 is 5.82 Å². The fourth-order valence-corrected chi connectivity index (χ4v) is 1.88. The fourth-order valence-electron chi connectivity index (χ4n) is 1.88. The molecule has 1 unspecified atom stereocenters. The zero-order valence-corrected chi connectivity index (χ0v) is 11.2. The first-order valence-electron chi connectivity index (χ1n) is 6.44. The molecule has 0 saturated carbocycles. The minimum absolute atomic E-state index is 0.00798. The van der Waals surface area contributed by atoms with Gasteiger partial charge in [-0.05, 0) is 25.0 Å². The van der Waals surface area contributed by atoms with Crippen LogP contribution >= 0.6 is 0 Å². The number of aryl methyl sites for hydroxylation is 1. The summed E-state index contributed by atoms with van der Waals surface area (Å²) >= 11 is 0. The van der Waals surface area contributed by atoms with E-state index in [1.807, 2.05) is 26.0 Å². The summed E-state index contributed by atoms with van der Waals surface area (Å²) < 4.78 is 1.67. The van der Waals surface area contributed by atoms with E-state index < -0.39 is 0 Å². The Balaban J connectivity index is 2.20. The van der Waals surface area contributed by atoms with Crippen LogP contribution in [0.25, 0.3) is 0 Å². The molecule has 1 N–H and O–H groups in total. The van der Waals surface area contributed by atoms with Gasteiger partial charge in [0.2, 0.25) is 0 Å². The first kappa shape index (κ1) is 13.3. The highest BCUT2D eigenvalue weighted by Gasteiger charge is 2.09. The predicted octanol–water partition coefficient (Wildman–Crippen LogP) is 2.22. The van der Waals surface area contributed by atoms with Crippen molar-refractivity contribution in [2.75, 3.05) is 5.32 Å². The van der Waals surface area contributed by atoms with E-state index in [1.165, 1.54) is 0 Å². The number of hydrogen-bond donors (Lipinski definition) is 1. The molecule has 100 valence electrons. The second-order valence-electron chi connectivity index (χ2n) is 4.43. The van der Waals surface area contributed by atoms with Gasteiger partial charge in [-0.15, -0.1) is 0 Å². The van der Waals surface area contributed by atoms with Crippen molar-refractivity contribution < 1.29 is 0 Å². The van der Waals surface area contributed by atoms with Crippen molar-refractivity contribution in [2.45, 2.75) is 32.9 Å². The minimum Gasteiger partial charge on any atom is -0.359 e. The number of nitrogens with zero attached hydrogens (tertiary/aromatic N) is 3. The first-order chi connectivity index (χ1) is 9.22. The lowest BCUT2D eigenvalue weighted by atomic mass is 10.1. The quantitative estimate of drug-likeness (QED) is 0.893. The lowest BCUT2D eigenvalue weighted by Gasteiger charge is -2.14. The summed E-state index contributed by atoms with van der Waals surface area (Å²) in [4.78, 5) is 20.3. The predicted molar refractivity (Wildman–Crippen MR) is 75.1 cm³/mol. The third-order valence-electron chi connectivity index (χ3n) is 2.92. The van der Waals surface area contributed by atoms with Crippen molar-refractivity contribution in [1.29, 1.82) is 0 Å². The van der Waals surface area contributed by atoms with Gasteiger partial charge < -0.3 is 9.88 Å². The van der Waals surface area contributed by atoms with E-state index >= 15 is 0 Å². The molecule has 19 heavy (non-hydrogen) atoms. The Morgan fingerprint density at radius 3 is 2.95 bits per heavy atom. The van der Waals surface area contributed by atoms with Gasteiger partial charge in [0.1, 0.15) is 0 Å². The molecule has 0 aliphatic rings. The van der Waals surface area contributed by atoms with E-state index in [1.54, 1.807) is 29.4 Å². The maximum Gasteiger partial charge on any atom is 0.293 e. The summed E-state index contributed by atoms with van der Waals surface area (Å²) in [6.45, 7) is 4.73. The molecule has 0 aromatic carbocycles. The SMILES string of the molecule is CCCn1ccnc(NC(C)c2cccnc2)c1=O. The molecule has 5 heteroatoms. The van der Waals surface area contributed by atoms with Gasteiger partial charge in [0.25, 0.3) is 5.56 Å². The van der Waals surface area contributed by atoms with Gasteiger partial charge >= 0.3 is 0 Å². The van der Waals surface area contributed by atoms with E-state index in [-0.39, 0.29) is 11.6 Å². The molecule has 2 aromatic heterocycles. The molecule has 2 heterocycles. The normalized spacial score (nSPS) is 12.1. The van der Waals surface area contributed by atoms with Crippen molar-refractivity contribution in [3.05, 3.63) is 52.8 Å². The molecule has 0 amide bonds. The largest absolute Gasteiger partial charge is 0.359 e. The van der Waals surface area contributed by atoms with Gasteiger partial charge in [-0.3, -0.25) is 9.78 Å². The van der Waals surface area contributed by atoms with Crippen LogP contribution in [0.2, 0.25) is 0 Å². The number of hydrogen-bond acceptors (Lipinski definition) is 4. The monoisotopic (exact) mass is 258 g/mol. The van der Waals surface area contributed by atoms with E-state index in [2.05, 4.69) is 15.3 Å². The van der Waals surface area contributed by atoms with Gasteiger partial charge in [-0.2, -0.15) is 0 Å². The molecule has 0 radical (unpaired) electrons. The van der Waals surface area contributed by atoms with Crippen molar-refractivity contribution in [3.8, 4) is 0 Å². The molecule has 2 aromatic rings. The minimum atomic E-state index is -0.0832. The second-order valence-corrected chi connectivity index (χ2v) is 4.43. The van der Waals surface area contributed by atoms with Crippen LogP contribution in [-0.4, -0.2) is 14.5 Å². The second kappa shape index (κ2) is 6.13. The van der Waals surface area contributed by atoms with Gasteiger partial charge in [0, 0.05) is 31.3 Å². The molecule has 0 bridgehead atoms. The average Bonchev–Trinajstić information content (AvgIpc) is 2.44. The van der Waals surface area contributed by atoms with Crippen molar-refractivity contribution in [2.24, 2.45) is 0 Å². The average molecular weight is 258 g/mol. The Morgan fingerprint density at radius 2 is 2.26 bits per heavy atom. The van der Waals surface area contributed by atoms with Gasteiger partial charge in [-0.25, -0.2) is 4.98 Å². The van der Waals surface area contributed by atoms with Crippen molar-refractivity contribution in [1.82, 2.24) is 14.5 Å². The van der Waals surface area contributed by atoms with Crippen LogP contribution in [0, 0.1) is 0 Å². The summed E-state index contributed by atoms with van der Waals surface area (Å²) in [7, 11) is 0. The maximum atomic E-state index is 12.1. The molecule has 5 nitrogen and oxygen atoms in total. The number of pyridine rings is 1. The highest BCUT2D eigenvalue weighted by atomic mass is 16.1. The van der Waals surface area contributed by atoms with Crippen LogP contribution < -0.4 is 10.9 Å². The molecule has 0 aliphatic heterocycles. The summed E-state index contributed by atoms with van der Waals surface area (Å²) in [6.07, 6.45) is 7.79. The van der Waals surface area contributed by atoms with Crippen LogP contribution in [0.15, 0.2) is 41.7 Å². The van der Waals surface area contributed by atoms with Gasteiger partial charge in [0.05, 0.1) is 6.04 Å². The van der Waals surface area contributed by atoms with Gasteiger partial charge in [-0.1, -0.05) is 13.0 Å². The number of nitrogens with one attached hydrogen (secondary N) is 1. The molecule has 0 spiro atoms. The van der Waals surface area contributed by atoms with E-state index in [4.69, 9.17) is 0 Å². The Bertz CT molecular complexity index is 579. The van der Waals surface area contributed by atoms with Crippen LogP contribution in [0.3, 0.4) is 0 Å². The Morgan fingerprint density at radius 1 is 1.42 bits per heavy atom. The Labute approximate surface area is 112 Å². The molecule has 0 aliphatic carbocycles. The first-order valence-corrected chi connectivity index (χ1v) is 6.44. The Kier molecular flexibility index (Phi) is 4.28. The standard InChI is InChI=1S/C14H18N4O/c1-3-8-18-9-7-16-13(14(18)19)17-11(2)12-5-4-6-15-10-12/h4-7,9-11H,3,8H2,1-2H3,(H,16,17). The van der Waals surface area contributed by atoms with E-state index in [9.17, 15) is 4.79 Å². The number of anilines is 1. The van der Waals surface area contributed by atoms with E-state index in [0.29, 0.717) is 12.4 Å². The number of aromatic nitrogens is 3. The van der Waals surface area contributed by atoms with Crippen LogP contribution in [0.5, 0.6) is 0 Å². The lowest BCUT2D eigenvalue weighted by molar-refractivity contribution is 0.647. The lowest BCUT2D eigenvalue weighted by Crippen LogP contribution is -2.25. The number of rotatable bonds is 5. The third kappa shape index (κ3) is 3.19. The zero-order chi connectivity index (χ0) is 13.7. The summed E-state index contributed by atoms with van der Waals surface area (Å²) in [5.74, 6) is 0.382. The fraction of sp³-hybridized carbons (Fsp3) is 0.357. The smallest absolute Gasteiger partial charge is 0.293 e.